The zero-order valence-corrected chi connectivity index (χ0v) is 17.0. The number of anilines is 1. The summed E-state index contributed by atoms with van der Waals surface area (Å²) < 4.78 is 48.1. The summed E-state index contributed by atoms with van der Waals surface area (Å²) in [6.07, 6.45) is 0.807. The molecule has 1 fully saturated rings. The maximum absolute atomic E-state index is 13.1. The number of benzene rings is 2. The number of nitrogens with zero attached hydrogens (tertiary/aromatic N) is 3. The third kappa shape index (κ3) is 4.42. The first-order chi connectivity index (χ1) is 13.9. The van der Waals surface area contributed by atoms with E-state index in [0.717, 1.165) is 68.3 Å². The van der Waals surface area contributed by atoms with E-state index in [4.69, 9.17) is 9.72 Å². The Hall–Kier alpha value is -2.49. The van der Waals surface area contributed by atoms with Crippen molar-refractivity contribution in [2.24, 2.45) is 7.05 Å². The smallest absolute Gasteiger partial charge is 0.261 e. The molecule has 0 atom stereocenters. The lowest BCUT2D eigenvalue weighted by Crippen LogP contribution is -2.37. The minimum Gasteiger partial charge on any atom is -0.379 e. The molecular weight excluding hydrogens is 395 g/mol. The third-order valence-electron chi connectivity index (χ3n) is 5.10. The van der Waals surface area contributed by atoms with E-state index in [1.807, 2.05) is 17.7 Å². The van der Waals surface area contributed by atoms with Gasteiger partial charge in [0.1, 0.15) is 11.6 Å². The molecule has 0 aliphatic carbocycles. The molecule has 1 aliphatic heterocycles. The normalized spacial score (nSPS) is 15.7. The first-order valence-electron chi connectivity index (χ1n) is 9.46. The number of ether oxygens (including phenoxy) is 1. The Labute approximate surface area is 169 Å². The summed E-state index contributed by atoms with van der Waals surface area (Å²) in [4.78, 5) is 7.05. The molecule has 2 heterocycles. The molecule has 0 spiro atoms. The number of morpholine rings is 1. The van der Waals surface area contributed by atoms with Gasteiger partial charge in [-0.1, -0.05) is 0 Å². The number of hydrogen-bond donors (Lipinski definition) is 1. The monoisotopic (exact) mass is 418 g/mol. The van der Waals surface area contributed by atoms with Gasteiger partial charge in [-0.25, -0.2) is 17.8 Å². The molecule has 4 rings (SSSR count). The number of fused-ring (bicyclic) bond motifs is 1. The van der Waals surface area contributed by atoms with Crippen molar-refractivity contribution in [2.75, 3.05) is 37.6 Å². The van der Waals surface area contributed by atoms with Gasteiger partial charge in [0.15, 0.2) is 0 Å². The zero-order valence-electron chi connectivity index (χ0n) is 16.1. The summed E-state index contributed by atoms with van der Waals surface area (Å²) in [6, 6.07) is 9.99. The van der Waals surface area contributed by atoms with Crippen LogP contribution >= 0.6 is 0 Å². The lowest BCUT2D eigenvalue weighted by molar-refractivity contribution is 0.0382. The second-order valence-electron chi connectivity index (χ2n) is 7.05. The molecule has 1 saturated heterocycles. The summed E-state index contributed by atoms with van der Waals surface area (Å²) in [5, 5.41) is 0. The van der Waals surface area contributed by atoms with Crippen molar-refractivity contribution in [3.05, 3.63) is 54.1 Å². The molecule has 1 aliphatic rings. The van der Waals surface area contributed by atoms with Crippen LogP contribution in [0.5, 0.6) is 0 Å². The van der Waals surface area contributed by atoms with Crippen molar-refractivity contribution in [1.29, 1.82) is 0 Å². The van der Waals surface area contributed by atoms with Crippen molar-refractivity contribution >= 4 is 26.7 Å². The maximum atomic E-state index is 13.1. The summed E-state index contributed by atoms with van der Waals surface area (Å²) in [6.45, 7) is 4.29. The molecule has 0 radical (unpaired) electrons. The molecule has 0 amide bonds. The minimum absolute atomic E-state index is 0.00576. The van der Waals surface area contributed by atoms with Crippen molar-refractivity contribution in [3.63, 3.8) is 0 Å². The lowest BCUT2D eigenvalue weighted by Gasteiger charge is -2.26. The number of imidazole rings is 1. The van der Waals surface area contributed by atoms with Gasteiger partial charge in [-0.2, -0.15) is 0 Å². The summed E-state index contributed by atoms with van der Waals surface area (Å²) in [5.74, 6) is 0.466. The summed E-state index contributed by atoms with van der Waals surface area (Å²) in [5.41, 5.74) is 2.08. The van der Waals surface area contributed by atoms with Crippen molar-refractivity contribution in [2.45, 2.75) is 11.3 Å². The van der Waals surface area contributed by atoms with E-state index in [0.29, 0.717) is 5.69 Å². The first kappa shape index (κ1) is 19.8. The predicted octanol–water partition coefficient (Wildman–Crippen LogP) is 2.39. The number of rotatable bonds is 6. The molecule has 9 heteroatoms. The number of aromatic nitrogens is 2. The highest BCUT2D eigenvalue weighted by Gasteiger charge is 2.16. The van der Waals surface area contributed by atoms with Gasteiger partial charge in [-0.15, -0.1) is 0 Å². The van der Waals surface area contributed by atoms with E-state index in [9.17, 15) is 12.8 Å². The molecule has 1 N–H and O–H groups in total. The zero-order chi connectivity index (χ0) is 20.4. The van der Waals surface area contributed by atoms with E-state index >= 15 is 0 Å². The fraction of sp³-hybridized carbons (Fsp3) is 0.350. The number of hydrogen-bond acceptors (Lipinski definition) is 5. The van der Waals surface area contributed by atoms with Crippen LogP contribution in [-0.4, -0.2) is 55.7 Å². The van der Waals surface area contributed by atoms with Gasteiger partial charge in [-0.05, 0) is 42.5 Å². The van der Waals surface area contributed by atoms with E-state index in [1.165, 1.54) is 12.1 Å². The van der Waals surface area contributed by atoms with E-state index < -0.39 is 15.8 Å². The van der Waals surface area contributed by atoms with Gasteiger partial charge in [0.2, 0.25) is 0 Å². The maximum Gasteiger partial charge on any atom is 0.261 e. The Bertz CT molecular complexity index is 1110. The van der Waals surface area contributed by atoms with Crippen LogP contribution in [-0.2, 0) is 28.2 Å². The van der Waals surface area contributed by atoms with E-state index in [-0.39, 0.29) is 4.90 Å². The number of aryl methyl sites for hydroxylation is 1. The molecule has 154 valence electrons. The number of halogens is 1. The van der Waals surface area contributed by atoms with Gasteiger partial charge in [-0.3, -0.25) is 9.62 Å². The molecule has 0 unspecified atom stereocenters. The SMILES string of the molecule is Cn1c(CCN2CCOCC2)nc2cc(NS(=O)(=O)c3ccc(F)cc3)ccc21. The van der Waals surface area contributed by atoms with Crippen molar-refractivity contribution in [3.8, 4) is 0 Å². The highest BCUT2D eigenvalue weighted by Crippen LogP contribution is 2.23. The second kappa shape index (κ2) is 8.10. The topological polar surface area (TPSA) is 76.5 Å². The van der Waals surface area contributed by atoms with Crippen LogP contribution in [0.2, 0.25) is 0 Å². The van der Waals surface area contributed by atoms with E-state index in [1.54, 1.807) is 12.1 Å². The molecule has 7 nitrogen and oxygen atoms in total. The van der Waals surface area contributed by atoms with Crippen LogP contribution < -0.4 is 4.72 Å². The second-order valence-corrected chi connectivity index (χ2v) is 8.74. The molecule has 1 aromatic heterocycles. The van der Waals surface area contributed by atoms with Crippen molar-refractivity contribution < 1.29 is 17.5 Å². The summed E-state index contributed by atoms with van der Waals surface area (Å²) in [7, 11) is -1.83. The van der Waals surface area contributed by atoms with Gasteiger partial charge < -0.3 is 9.30 Å². The average Bonchev–Trinajstić information content (AvgIpc) is 3.02. The Morgan fingerprint density at radius 1 is 1.14 bits per heavy atom. The Morgan fingerprint density at radius 2 is 1.86 bits per heavy atom. The van der Waals surface area contributed by atoms with Gasteiger partial charge in [0.25, 0.3) is 10.0 Å². The van der Waals surface area contributed by atoms with Crippen LogP contribution in [0, 0.1) is 5.82 Å². The Kier molecular flexibility index (Phi) is 5.53. The molecule has 29 heavy (non-hydrogen) atoms. The van der Waals surface area contributed by atoms with Crippen molar-refractivity contribution in [1.82, 2.24) is 14.5 Å². The van der Waals surface area contributed by atoms with Crippen LogP contribution in [0.25, 0.3) is 11.0 Å². The fourth-order valence-corrected chi connectivity index (χ4v) is 4.50. The average molecular weight is 418 g/mol. The van der Waals surface area contributed by atoms with E-state index in [2.05, 4.69) is 9.62 Å². The molecular formula is C20H23FN4O3S. The first-order valence-corrected chi connectivity index (χ1v) is 10.9. The number of nitrogens with one attached hydrogen (secondary N) is 1. The molecule has 2 aromatic carbocycles. The molecule has 3 aromatic rings. The molecule has 0 saturated carbocycles. The van der Waals surface area contributed by atoms with Gasteiger partial charge >= 0.3 is 0 Å². The Morgan fingerprint density at radius 3 is 2.59 bits per heavy atom. The highest BCUT2D eigenvalue weighted by molar-refractivity contribution is 7.92. The molecule has 0 bridgehead atoms. The third-order valence-corrected chi connectivity index (χ3v) is 6.50. The highest BCUT2D eigenvalue weighted by atomic mass is 32.2. The van der Waals surface area contributed by atoms with Gasteiger partial charge in [0.05, 0.1) is 34.8 Å². The van der Waals surface area contributed by atoms with Crippen LogP contribution in [0.4, 0.5) is 10.1 Å². The van der Waals surface area contributed by atoms with Crippen LogP contribution in [0.15, 0.2) is 47.4 Å². The van der Waals surface area contributed by atoms with Crippen LogP contribution in [0.3, 0.4) is 0 Å². The Balaban J connectivity index is 1.52. The number of sulfonamides is 1. The predicted molar refractivity (Wildman–Crippen MR) is 109 cm³/mol. The fourth-order valence-electron chi connectivity index (χ4n) is 3.45. The largest absolute Gasteiger partial charge is 0.379 e. The van der Waals surface area contributed by atoms with Gasteiger partial charge in [0, 0.05) is 33.1 Å². The quantitative estimate of drug-likeness (QED) is 0.665. The van der Waals surface area contributed by atoms with Crippen LogP contribution in [0.1, 0.15) is 5.82 Å². The lowest BCUT2D eigenvalue weighted by atomic mass is 10.3. The standard InChI is InChI=1S/C20H23FN4O3S/c1-24-19-7-4-16(23-29(26,27)17-5-2-15(21)3-6-17)14-18(19)22-20(24)8-9-25-10-12-28-13-11-25/h2-7,14,23H,8-13H2,1H3. The minimum atomic E-state index is -3.80. The summed E-state index contributed by atoms with van der Waals surface area (Å²) >= 11 is 0.